The van der Waals surface area contributed by atoms with E-state index >= 15 is 0 Å². The highest BCUT2D eigenvalue weighted by atomic mass is 35.5. The van der Waals surface area contributed by atoms with Crippen molar-refractivity contribution in [3.63, 3.8) is 0 Å². The van der Waals surface area contributed by atoms with E-state index in [0.717, 1.165) is 25.9 Å². The second-order valence-corrected chi connectivity index (χ2v) is 5.61. The van der Waals surface area contributed by atoms with Crippen LogP contribution in [0.3, 0.4) is 0 Å². The Kier molecular flexibility index (Phi) is 7.94. The molecule has 0 bridgehead atoms. The third kappa shape index (κ3) is 5.07. The average Bonchev–Trinajstić information content (AvgIpc) is 2.57. The van der Waals surface area contributed by atoms with Crippen LogP contribution in [0, 0.1) is 10.1 Å². The van der Waals surface area contributed by atoms with Gasteiger partial charge in [-0.3, -0.25) is 15.0 Å². The van der Waals surface area contributed by atoms with Crippen molar-refractivity contribution in [1.82, 2.24) is 9.80 Å². The van der Waals surface area contributed by atoms with E-state index in [4.69, 9.17) is 4.74 Å². The molecule has 0 saturated carbocycles. The molecule has 2 rings (SSSR count). The number of hydrogen-bond acceptors (Lipinski definition) is 5. The second kappa shape index (κ2) is 9.44. The lowest BCUT2D eigenvalue weighted by atomic mass is 10.1. The van der Waals surface area contributed by atoms with Crippen molar-refractivity contribution < 1.29 is 14.5 Å². The molecule has 1 aliphatic rings. The maximum atomic E-state index is 12.2. The SMILES string of the molecule is CCC(CC)N1CCN(C(=O)Oc2ccc([N+](=O)[O-])cc2)CC1.Cl. The lowest BCUT2D eigenvalue weighted by Crippen LogP contribution is -2.52. The van der Waals surface area contributed by atoms with E-state index < -0.39 is 11.0 Å². The van der Waals surface area contributed by atoms with Crippen molar-refractivity contribution in [2.75, 3.05) is 26.2 Å². The summed E-state index contributed by atoms with van der Waals surface area (Å²) >= 11 is 0. The lowest BCUT2D eigenvalue weighted by molar-refractivity contribution is -0.384. The zero-order valence-electron chi connectivity index (χ0n) is 14.0. The Morgan fingerprint density at radius 2 is 1.71 bits per heavy atom. The number of amides is 1. The molecule has 1 saturated heterocycles. The smallest absolute Gasteiger partial charge is 0.410 e. The van der Waals surface area contributed by atoms with Crippen LogP contribution in [0.1, 0.15) is 26.7 Å². The Bertz CT molecular complexity index is 541. The van der Waals surface area contributed by atoms with Gasteiger partial charge in [0.1, 0.15) is 5.75 Å². The first-order valence-electron chi connectivity index (χ1n) is 8.00. The highest BCUT2D eigenvalue weighted by Gasteiger charge is 2.25. The third-order valence-corrected chi connectivity index (χ3v) is 4.28. The maximum absolute atomic E-state index is 12.2. The van der Waals surface area contributed by atoms with E-state index in [1.807, 2.05) is 0 Å². The van der Waals surface area contributed by atoms with Crippen LogP contribution >= 0.6 is 12.4 Å². The minimum Gasteiger partial charge on any atom is -0.410 e. The largest absolute Gasteiger partial charge is 0.415 e. The summed E-state index contributed by atoms with van der Waals surface area (Å²) in [6.07, 6.45) is 1.83. The fraction of sp³-hybridized carbons (Fsp3) is 0.562. The first kappa shape index (κ1) is 20.2. The summed E-state index contributed by atoms with van der Waals surface area (Å²) in [6, 6.07) is 6.11. The van der Waals surface area contributed by atoms with E-state index in [0.29, 0.717) is 24.9 Å². The fourth-order valence-electron chi connectivity index (χ4n) is 2.88. The lowest BCUT2D eigenvalue weighted by Gasteiger charge is -2.38. The summed E-state index contributed by atoms with van der Waals surface area (Å²) in [5, 5.41) is 10.6. The van der Waals surface area contributed by atoms with Crippen LogP contribution in [0.2, 0.25) is 0 Å². The van der Waals surface area contributed by atoms with Crippen LogP contribution in [0.25, 0.3) is 0 Å². The molecule has 0 radical (unpaired) electrons. The third-order valence-electron chi connectivity index (χ3n) is 4.28. The molecule has 0 N–H and O–H groups in total. The van der Waals surface area contributed by atoms with Gasteiger partial charge in [0.25, 0.3) is 5.69 Å². The van der Waals surface area contributed by atoms with Gasteiger partial charge in [0, 0.05) is 44.4 Å². The Hall–Kier alpha value is -1.86. The molecule has 0 spiro atoms. The van der Waals surface area contributed by atoms with Crippen LogP contribution < -0.4 is 4.74 Å². The second-order valence-electron chi connectivity index (χ2n) is 5.61. The summed E-state index contributed by atoms with van der Waals surface area (Å²) in [6.45, 7) is 7.35. The van der Waals surface area contributed by atoms with Gasteiger partial charge >= 0.3 is 6.09 Å². The van der Waals surface area contributed by atoms with E-state index in [9.17, 15) is 14.9 Å². The molecule has 7 nitrogen and oxygen atoms in total. The quantitative estimate of drug-likeness (QED) is 0.596. The summed E-state index contributed by atoms with van der Waals surface area (Å²) in [7, 11) is 0. The maximum Gasteiger partial charge on any atom is 0.415 e. The van der Waals surface area contributed by atoms with Crippen LogP contribution in [0.5, 0.6) is 5.75 Å². The molecule has 0 aliphatic carbocycles. The van der Waals surface area contributed by atoms with Gasteiger partial charge in [0.2, 0.25) is 0 Å². The molecule has 1 aromatic carbocycles. The van der Waals surface area contributed by atoms with Gasteiger partial charge in [-0.25, -0.2) is 4.79 Å². The highest BCUT2D eigenvalue weighted by molar-refractivity contribution is 5.85. The number of halogens is 1. The first-order valence-corrected chi connectivity index (χ1v) is 8.00. The van der Waals surface area contributed by atoms with Crippen LogP contribution in [-0.2, 0) is 0 Å². The topological polar surface area (TPSA) is 75.9 Å². The summed E-state index contributed by atoms with van der Waals surface area (Å²) in [4.78, 5) is 26.4. The van der Waals surface area contributed by atoms with Gasteiger partial charge in [0.15, 0.2) is 0 Å². The van der Waals surface area contributed by atoms with E-state index in [-0.39, 0.29) is 18.1 Å². The number of hydrogen-bond donors (Lipinski definition) is 0. The van der Waals surface area contributed by atoms with Crippen molar-refractivity contribution in [1.29, 1.82) is 0 Å². The predicted octanol–water partition coefficient (Wildman–Crippen LogP) is 3.32. The molecule has 1 amide bonds. The Morgan fingerprint density at radius 3 is 2.17 bits per heavy atom. The number of rotatable bonds is 5. The van der Waals surface area contributed by atoms with Gasteiger partial charge in [-0.15, -0.1) is 12.4 Å². The number of carbonyl (C=O) groups is 1. The number of non-ortho nitro benzene ring substituents is 1. The minimum atomic E-state index is -0.483. The van der Waals surface area contributed by atoms with E-state index in [1.165, 1.54) is 24.3 Å². The summed E-state index contributed by atoms with van der Waals surface area (Å²) in [5.74, 6) is 0.322. The molecule has 134 valence electrons. The molecule has 0 aromatic heterocycles. The van der Waals surface area contributed by atoms with Crippen LogP contribution in [0.4, 0.5) is 10.5 Å². The molecule has 1 aromatic rings. The predicted molar refractivity (Wildman–Crippen MR) is 93.9 cm³/mol. The fourth-order valence-corrected chi connectivity index (χ4v) is 2.88. The zero-order valence-corrected chi connectivity index (χ0v) is 14.8. The van der Waals surface area contributed by atoms with Crippen molar-refractivity contribution in [3.8, 4) is 5.75 Å². The Morgan fingerprint density at radius 1 is 1.17 bits per heavy atom. The average molecular weight is 358 g/mol. The monoisotopic (exact) mass is 357 g/mol. The molecule has 24 heavy (non-hydrogen) atoms. The van der Waals surface area contributed by atoms with E-state index in [1.54, 1.807) is 4.90 Å². The number of ether oxygens (including phenoxy) is 1. The molecular formula is C16H24ClN3O4. The van der Waals surface area contributed by atoms with Crippen molar-refractivity contribution in [3.05, 3.63) is 34.4 Å². The minimum absolute atomic E-state index is 0. The molecule has 1 aliphatic heterocycles. The first-order chi connectivity index (χ1) is 11.0. The van der Waals surface area contributed by atoms with Gasteiger partial charge < -0.3 is 9.64 Å². The molecular weight excluding hydrogens is 334 g/mol. The number of nitro benzene ring substituents is 1. The molecule has 1 heterocycles. The molecule has 0 unspecified atom stereocenters. The molecule has 0 atom stereocenters. The number of piperazine rings is 1. The highest BCUT2D eigenvalue weighted by Crippen LogP contribution is 2.19. The van der Waals surface area contributed by atoms with E-state index in [2.05, 4.69) is 18.7 Å². The standard InChI is InChI=1S/C16H23N3O4.ClH/c1-3-13(4-2)17-9-11-18(12-10-17)16(20)23-15-7-5-14(6-8-15)19(21)22;/h5-8,13H,3-4,9-12H2,1-2H3;1H. The zero-order chi connectivity index (χ0) is 16.8. The number of nitrogens with zero attached hydrogens (tertiary/aromatic N) is 3. The van der Waals surface area contributed by atoms with Crippen molar-refractivity contribution in [2.45, 2.75) is 32.7 Å². The van der Waals surface area contributed by atoms with Crippen molar-refractivity contribution in [2.24, 2.45) is 0 Å². The van der Waals surface area contributed by atoms with Gasteiger partial charge in [0.05, 0.1) is 4.92 Å². The number of benzene rings is 1. The van der Waals surface area contributed by atoms with Gasteiger partial charge in [-0.05, 0) is 25.0 Å². The summed E-state index contributed by atoms with van der Waals surface area (Å²) < 4.78 is 5.28. The molecule has 8 heteroatoms. The van der Waals surface area contributed by atoms with Gasteiger partial charge in [-0.2, -0.15) is 0 Å². The Labute approximate surface area is 148 Å². The normalized spacial score (nSPS) is 15.0. The molecule has 1 fully saturated rings. The Balaban J connectivity index is 0.00000288. The van der Waals surface area contributed by atoms with Crippen LogP contribution in [-0.4, -0.2) is 53.0 Å². The van der Waals surface area contributed by atoms with Crippen LogP contribution in [0.15, 0.2) is 24.3 Å². The number of nitro groups is 1. The summed E-state index contributed by atoms with van der Waals surface area (Å²) in [5.41, 5.74) is -0.0245. The van der Waals surface area contributed by atoms with Crippen molar-refractivity contribution >= 4 is 24.2 Å². The number of carbonyl (C=O) groups excluding carboxylic acids is 1. The van der Waals surface area contributed by atoms with Gasteiger partial charge in [-0.1, -0.05) is 13.8 Å².